The van der Waals surface area contributed by atoms with Crippen LogP contribution in [0, 0.1) is 0 Å². The number of pyridine rings is 1. The molecule has 8 aromatic rings. The molecular formula is C39H26N2O. The number of benzene rings is 6. The molecule has 0 bridgehead atoms. The van der Waals surface area contributed by atoms with Gasteiger partial charge in [0, 0.05) is 33.9 Å². The summed E-state index contributed by atoms with van der Waals surface area (Å²) < 4.78 is 6.39. The van der Waals surface area contributed by atoms with Crippen LogP contribution in [-0.2, 0) is 0 Å². The predicted molar refractivity (Wildman–Crippen MR) is 175 cm³/mol. The van der Waals surface area contributed by atoms with Crippen LogP contribution in [0.2, 0.25) is 0 Å². The molecule has 0 amide bonds. The summed E-state index contributed by atoms with van der Waals surface area (Å²) in [5.41, 5.74) is 11.4. The first-order chi connectivity index (χ1) is 20.8. The van der Waals surface area contributed by atoms with E-state index in [2.05, 4.69) is 132 Å². The minimum Gasteiger partial charge on any atom is -0.454 e. The van der Waals surface area contributed by atoms with Gasteiger partial charge >= 0.3 is 0 Å². The zero-order chi connectivity index (χ0) is 27.9. The number of aromatic nitrogens is 1. The molecule has 0 unspecified atom stereocenters. The molecule has 0 saturated carbocycles. The average molecular weight is 539 g/mol. The molecule has 0 N–H and O–H groups in total. The Hall–Kier alpha value is -5.67. The van der Waals surface area contributed by atoms with Gasteiger partial charge in [0.15, 0.2) is 5.58 Å². The molecule has 198 valence electrons. The average Bonchev–Trinajstić information content (AvgIpc) is 3.42. The highest BCUT2D eigenvalue weighted by Crippen LogP contribution is 2.39. The number of furan rings is 1. The first kappa shape index (κ1) is 24.2. The highest BCUT2D eigenvalue weighted by atomic mass is 16.3. The van der Waals surface area contributed by atoms with Gasteiger partial charge in [0.2, 0.25) is 0 Å². The molecule has 0 fully saturated rings. The van der Waals surface area contributed by atoms with E-state index >= 15 is 0 Å². The fourth-order valence-electron chi connectivity index (χ4n) is 5.73. The molecule has 0 spiro atoms. The summed E-state index contributed by atoms with van der Waals surface area (Å²) in [5.74, 6) is 0. The van der Waals surface area contributed by atoms with E-state index in [0.717, 1.165) is 50.0 Å². The summed E-state index contributed by atoms with van der Waals surface area (Å²) in [6.07, 6.45) is 0. The van der Waals surface area contributed by atoms with Crippen molar-refractivity contribution in [2.75, 3.05) is 4.90 Å². The van der Waals surface area contributed by atoms with Crippen molar-refractivity contribution < 1.29 is 4.42 Å². The standard InChI is InChI=1S/C39H26N2O/c1-3-9-27(10-4-1)29-15-19-32(20-16-29)41(33-21-17-30(18-22-33)28-11-5-2-6-12-28)34-23-24-35-37(26-34)42-38-25-31-13-7-8-14-36(31)40-39(35)38/h1-26H. The number of hydrogen-bond acceptors (Lipinski definition) is 3. The molecule has 3 heteroatoms. The van der Waals surface area contributed by atoms with Gasteiger partial charge in [-0.1, -0.05) is 103 Å². The molecule has 3 nitrogen and oxygen atoms in total. The lowest BCUT2D eigenvalue weighted by molar-refractivity contribution is 0.669. The van der Waals surface area contributed by atoms with Gasteiger partial charge in [0.05, 0.1) is 5.52 Å². The number of hydrogen-bond donors (Lipinski definition) is 0. The topological polar surface area (TPSA) is 29.3 Å². The molecule has 0 radical (unpaired) electrons. The highest BCUT2D eigenvalue weighted by molar-refractivity contribution is 6.07. The van der Waals surface area contributed by atoms with Crippen LogP contribution in [0.5, 0.6) is 0 Å². The van der Waals surface area contributed by atoms with Gasteiger partial charge in [-0.05, 0) is 70.8 Å². The van der Waals surface area contributed by atoms with Crippen LogP contribution < -0.4 is 4.90 Å². The van der Waals surface area contributed by atoms with E-state index in [1.807, 2.05) is 30.3 Å². The summed E-state index contributed by atoms with van der Waals surface area (Å²) in [6.45, 7) is 0. The zero-order valence-electron chi connectivity index (χ0n) is 22.8. The molecule has 8 rings (SSSR count). The fourth-order valence-corrected chi connectivity index (χ4v) is 5.73. The normalized spacial score (nSPS) is 11.3. The third kappa shape index (κ3) is 4.29. The number of nitrogens with zero attached hydrogens (tertiary/aromatic N) is 2. The minimum atomic E-state index is 0.798. The largest absolute Gasteiger partial charge is 0.454 e. The fraction of sp³-hybridized carbons (Fsp3) is 0. The van der Waals surface area contributed by atoms with Crippen LogP contribution in [-0.4, -0.2) is 4.98 Å². The lowest BCUT2D eigenvalue weighted by atomic mass is 10.0. The summed E-state index contributed by atoms with van der Waals surface area (Å²) in [4.78, 5) is 7.20. The lowest BCUT2D eigenvalue weighted by Gasteiger charge is -2.26. The summed E-state index contributed by atoms with van der Waals surface area (Å²) in [7, 11) is 0. The van der Waals surface area contributed by atoms with Crippen molar-refractivity contribution in [1.29, 1.82) is 0 Å². The Morgan fingerprint density at radius 3 is 1.57 bits per heavy atom. The molecule has 6 aromatic carbocycles. The molecule has 2 aromatic heterocycles. The molecule has 0 aliphatic carbocycles. The van der Waals surface area contributed by atoms with E-state index in [1.54, 1.807) is 0 Å². The number of para-hydroxylation sites is 1. The Morgan fingerprint density at radius 2 is 0.952 bits per heavy atom. The van der Waals surface area contributed by atoms with Crippen molar-refractivity contribution in [2.24, 2.45) is 0 Å². The maximum Gasteiger partial charge on any atom is 0.154 e. The first-order valence-corrected chi connectivity index (χ1v) is 14.1. The number of rotatable bonds is 5. The van der Waals surface area contributed by atoms with Crippen LogP contribution in [0.15, 0.2) is 162 Å². The van der Waals surface area contributed by atoms with Crippen LogP contribution in [0.4, 0.5) is 17.1 Å². The van der Waals surface area contributed by atoms with Gasteiger partial charge in [-0.25, -0.2) is 4.98 Å². The van der Waals surface area contributed by atoms with Crippen LogP contribution in [0.3, 0.4) is 0 Å². The van der Waals surface area contributed by atoms with Crippen LogP contribution in [0.1, 0.15) is 0 Å². The van der Waals surface area contributed by atoms with Crippen molar-refractivity contribution in [1.82, 2.24) is 4.98 Å². The molecular weight excluding hydrogens is 512 g/mol. The van der Waals surface area contributed by atoms with E-state index < -0.39 is 0 Å². The third-order valence-electron chi connectivity index (χ3n) is 7.85. The van der Waals surface area contributed by atoms with Crippen molar-refractivity contribution in [2.45, 2.75) is 0 Å². The monoisotopic (exact) mass is 538 g/mol. The second kappa shape index (κ2) is 10.1. The second-order valence-corrected chi connectivity index (χ2v) is 10.5. The molecule has 0 saturated heterocycles. The highest BCUT2D eigenvalue weighted by Gasteiger charge is 2.17. The third-order valence-corrected chi connectivity index (χ3v) is 7.85. The van der Waals surface area contributed by atoms with Crippen molar-refractivity contribution in [3.63, 3.8) is 0 Å². The lowest BCUT2D eigenvalue weighted by Crippen LogP contribution is -2.09. The van der Waals surface area contributed by atoms with Gasteiger partial charge in [-0.2, -0.15) is 0 Å². The van der Waals surface area contributed by atoms with E-state index in [-0.39, 0.29) is 0 Å². The van der Waals surface area contributed by atoms with Crippen molar-refractivity contribution in [3.05, 3.63) is 158 Å². The van der Waals surface area contributed by atoms with Gasteiger partial charge in [-0.15, -0.1) is 0 Å². The molecule has 42 heavy (non-hydrogen) atoms. The van der Waals surface area contributed by atoms with Crippen molar-refractivity contribution in [3.8, 4) is 22.3 Å². The van der Waals surface area contributed by atoms with E-state index in [0.29, 0.717) is 0 Å². The Labute approximate surface area is 243 Å². The summed E-state index contributed by atoms with van der Waals surface area (Å²) in [5, 5.41) is 2.08. The van der Waals surface area contributed by atoms with Gasteiger partial charge in [0.1, 0.15) is 11.1 Å². The summed E-state index contributed by atoms with van der Waals surface area (Å²) >= 11 is 0. The molecule has 0 atom stereocenters. The Kier molecular flexibility index (Phi) is 5.79. The first-order valence-electron chi connectivity index (χ1n) is 14.1. The van der Waals surface area contributed by atoms with Gasteiger partial charge in [0.25, 0.3) is 0 Å². The molecule has 2 heterocycles. The number of fused-ring (bicyclic) bond motifs is 4. The smallest absolute Gasteiger partial charge is 0.154 e. The minimum absolute atomic E-state index is 0.798. The predicted octanol–water partition coefficient (Wildman–Crippen LogP) is 10.9. The Balaban J connectivity index is 1.25. The van der Waals surface area contributed by atoms with Crippen LogP contribution in [0.25, 0.3) is 55.2 Å². The second-order valence-electron chi connectivity index (χ2n) is 10.5. The van der Waals surface area contributed by atoms with E-state index in [9.17, 15) is 0 Å². The Morgan fingerprint density at radius 1 is 0.429 bits per heavy atom. The Bertz CT molecular complexity index is 2080. The number of anilines is 3. The zero-order valence-corrected chi connectivity index (χ0v) is 22.8. The van der Waals surface area contributed by atoms with Gasteiger partial charge < -0.3 is 9.32 Å². The molecule has 0 aliphatic rings. The quantitative estimate of drug-likeness (QED) is 0.218. The maximum atomic E-state index is 6.39. The molecule has 0 aliphatic heterocycles. The summed E-state index contributed by atoms with van der Waals surface area (Å²) in [6, 6.07) is 55.1. The van der Waals surface area contributed by atoms with Crippen molar-refractivity contribution >= 4 is 50.0 Å². The SMILES string of the molecule is c1ccc(-c2ccc(N(c3ccc(-c4ccccc4)cc3)c3ccc4c(c3)oc3cc5ccccc5nc34)cc2)cc1. The van der Waals surface area contributed by atoms with E-state index in [1.165, 1.54) is 22.3 Å². The van der Waals surface area contributed by atoms with Crippen LogP contribution >= 0.6 is 0 Å². The van der Waals surface area contributed by atoms with Gasteiger partial charge in [-0.3, -0.25) is 0 Å². The maximum absolute atomic E-state index is 6.39. The van der Waals surface area contributed by atoms with E-state index in [4.69, 9.17) is 9.40 Å².